The molecule has 2 aliphatic heterocycles. The average molecular weight is 513 g/mol. The number of rotatable bonds is 13. The second-order valence-electron chi connectivity index (χ2n) is 8.81. The van der Waals surface area contributed by atoms with Gasteiger partial charge in [0.2, 0.25) is 0 Å². The molecular weight excluding hydrogens is 472 g/mol. The number of esters is 1. The van der Waals surface area contributed by atoms with Crippen molar-refractivity contribution in [1.82, 2.24) is 0 Å². The van der Waals surface area contributed by atoms with Crippen LogP contribution in [0.3, 0.4) is 0 Å². The maximum Gasteiger partial charge on any atom is 0.308 e. The largest absolute Gasteiger partial charge is 0.466 e. The first kappa shape index (κ1) is 30.3. The zero-order valence-corrected chi connectivity index (χ0v) is 20.1. The Labute approximate surface area is 204 Å². The first-order chi connectivity index (χ1) is 16.6. The molecule has 13 heteroatoms. The summed E-state index contributed by atoms with van der Waals surface area (Å²) in [6, 6.07) is 0. The van der Waals surface area contributed by atoms with Gasteiger partial charge in [0.15, 0.2) is 12.6 Å². The van der Waals surface area contributed by atoms with E-state index in [9.17, 15) is 40.5 Å². The molecule has 0 aliphatic carbocycles. The lowest BCUT2D eigenvalue weighted by Crippen LogP contribution is -2.62. The minimum atomic E-state index is -1.67. The molecule has 0 bridgehead atoms. The minimum absolute atomic E-state index is 0.0885. The first-order valence-corrected chi connectivity index (χ1v) is 12.1. The number of unbranched alkanes of at least 4 members (excludes halogenated alkanes) is 2. The SMILES string of the molecule is CCCCCC(CC(=O)OCC)O[C@@H]1O[C@H](CO[C@@H]2O[C@H](CO)[C@H](O)[C@H](O)[C@H]2O)[C@H](O)[C@H](O)[C@H]1O. The Morgan fingerprint density at radius 3 is 2.03 bits per heavy atom. The Morgan fingerprint density at radius 1 is 0.829 bits per heavy atom. The Balaban J connectivity index is 2.03. The molecule has 2 fully saturated rings. The molecule has 0 aromatic rings. The number of hydrogen-bond donors (Lipinski definition) is 7. The number of aliphatic hydroxyl groups excluding tert-OH is 7. The van der Waals surface area contributed by atoms with E-state index >= 15 is 0 Å². The van der Waals surface area contributed by atoms with Gasteiger partial charge in [-0.1, -0.05) is 26.2 Å². The van der Waals surface area contributed by atoms with Gasteiger partial charge in [0, 0.05) is 0 Å². The van der Waals surface area contributed by atoms with E-state index in [1.807, 2.05) is 6.92 Å². The zero-order chi connectivity index (χ0) is 26.1. The van der Waals surface area contributed by atoms with Gasteiger partial charge in [0.25, 0.3) is 0 Å². The molecule has 0 amide bonds. The molecule has 206 valence electrons. The molecule has 0 aromatic heterocycles. The molecule has 13 nitrogen and oxygen atoms in total. The van der Waals surface area contributed by atoms with Crippen LogP contribution in [0.2, 0.25) is 0 Å². The van der Waals surface area contributed by atoms with E-state index in [0.29, 0.717) is 6.42 Å². The Bertz CT molecular complexity index is 620. The lowest BCUT2D eigenvalue weighted by atomic mass is 9.98. The van der Waals surface area contributed by atoms with Crippen LogP contribution in [0.15, 0.2) is 0 Å². The third kappa shape index (κ3) is 8.27. The summed E-state index contributed by atoms with van der Waals surface area (Å²) in [6.45, 7) is 2.79. The summed E-state index contributed by atoms with van der Waals surface area (Å²) in [5, 5.41) is 70.2. The van der Waals surface area contributed by atoms with Gasteiger partial charge in [-0.3, -0.25) is 4.79 Å². The Kier molecular flexibility index (Phi) is 12.7. The predicted molar refractivity (Wildman–Crippen MR) is 117 cm³/mol. The van der Waals surface area contributed by atoms with Gasteiger partial charge < -0.3 is 59.4 Å². The standard InChI is InChI=1S/C22H40O13/c1-3-5-6-7-11(8-14(24)31-4-2)33-22-20(30)18(28)16(26)13(35-22)10-32-21-19(29)17(27)15(25)12(9-23)34-21/h11-13,15-23,25-30H,3-10H2,1-2H3/t11?,12-,13-,15+,16+,17+,18+,19-,20-,21-,22-/m1/s1. The maximum absolute atomic E-state index is 12.0. The van der Waals surface area contributed by atoms with Crippen molar-refractivity contribution in [2.45, 2.75) is 113 Å². The number of carbonyl (C=O) groups excluding carboxylic acids is 1. The number of carbonyl (C=O) groups is 1. The van der Waals surface area contributed by atoms with Crippen molar-refractivity contribution in [3.8, 4) is 0 Å². The monoisotopic (exact) mass is 512 g/mol. The van der Waals surface area contributed by atoms with E-state index in [1.165, 1.54) is 0 Å². The van der Waals surface area contributed by atoms with Gasteiger partial charge >= 0.3 is 5.97 Å². The second-order valence-corrected chi connectivity index (χ2v) is 8.81. The molecule has 0 spiro atoms. The van der Waals surface area contributed by atoms with Gasteiger partial charge in [-0.25, -0.2) is 0 Å². The van der Waals surface area contributed by atoms with Crippen molar-refractivity contribution in [1.29, 1.82) is 0 Å². The maximum atomic E-state index is 12.0. The third-order valence-electron chi connectivity index (χ3n) is 6.10. The molecule has 7 N–H and O–H groups in total. The molecule has 0 saturated carbocycles. The summed E-state index contributed by atoms with van der Waals surface area (Å²) in [5.41, 5.74) is 0. The van der Waals surface area contributed by atoms with Crippen LogP contribution in [0.5, 0.6) is 0 Å². The third-order valence-corrected chi connectivity index (χ3v) is 6.10. The topological polar surface area (TPSA) is 205 Å². The first-order valence-electron chi connectivity index (χ1n) is 12.1. The van der Waals surface area contributed by atoms with Crippen LogP contribution in [0.1, 0.15) is 46.0 Å². The van der Waals surface area contributed by atoms with Crippen molar-refractivity contribution in [2.75, 3.05) is 19.8 Å². The van der Waals surface area contributed by atoms with Crippen molar-refractivity contribution in [3.63, 3.8) is 0 Å². The van der Waals surface area contributed by atoms with E-state index in [2.05, 4.69) is 0 Å². The van der Waals surface area contributed by atoms with E-state index in [4.69, 9.17) is 23.7 Å². The van der Waals surface area contributed by atoms with Gasteiger partial charge in [0.1, 0.15) is 48.8 Å². The Morgan fingerprint density at radius 2 is 1.43 bits per heavy atom. The van der Waals surface area contributed by atoms with Gasteiger partial charge in [0.05, 0.1) is 32.3 Å². The molecule has 2 rings (SSSR count). The summed E-state index contributed by atoms with van der Waals surface area (Å²) in [4.78, 5) is 12.0. The van der Waals surface area contributed by atoms with E-state index in [-0.39, 0.29) is 13.0 Å². The molecule has 0 radical (unpaired) electrons. The van der Waals surface area contributed by atoms with Crippen molar-refractivity contribution in [3.05, 3.63) is 0 Å². The fourth-order valence-corrected chi connectivity index (χ4v) is 4.00. The van der Waals surface area contributed by atoms with Crippen LogP contribution in [0.4, 0.5) is 0 Å². The summed E-state index contributed by atoms with van der Waals surface area (Å²) >= 11 is 0. The van der Waals surface area contributed by atoms with Crippen LogP contribution in [0, 0.1) is 0 Å². The fraction of sp³-hybridized carbons (Fsp3) is 0.955. The van der Waals surface area contributed by atoms with E-state index in [0.717, 1.165) is 19.3 Å². The van der Waals surface area contributed by atoms with Gasteiger partial charge in [-0.15, -0.1) is 0 Å². The fourth-order valence-electron chi connectivity index (χ4n) is 4.00. The predicted octanol–water partition coefficient (Wildman–Crippen LogP) is -2.47. The van der Waals surface area contributed by atoms with Gasteiger partial charge in [-0.05, 0) is 13.3 Å². The molecule has 2 heterocycles. The highest BCUT2D eigenvalue weighted by atomic mass is 16.7. The van der Waals surface area contributed by atoms with Crippen molar-refractivity contribution in [2.24, 2.45) is 0 Å². The molecule has 2 saturated heterocycles. The molecule has 35 heavy (non-hydrogen) atoms. The summed E-state index contributed by atoms with van der Waals surface area (Å²) in [7, 11) is 0. The highest BCUT2D eigenvalue weighted by molar-refractivity contribution is 5.69. The number of hydrogen-bond acceptors (Lipinski definition) is 13. The van der Waals surface area contributed by atoms with Crippen LogP contribution >= 0.6 is 0 Å². The quantitative estimate of drug-likeness (QED) is 0.101. The molecule has 0 aromatic carbocycles. The molecular formula is C22H40O13. The average Bonchev–Trinajstić information content (AvgIpc) is 2.83. The highest BCUT2D eigenvalue weighted by Crippen LogP contribution is 2.27. The van der Waals surface area contributed by atoms with Crippen LogP contribution in [-0.2, 0) is 28.5 Å². The van der Waals surface area contributed by atoms with Gasteiger partial charge in [-0.2, -0.15) is 0 Å². The smallest absolute Gasteiger partial charge is 0.308 e. The normalized spacial score (nSPS) is 38.8. The highest BCUT2D eigenvalue weighted by Gasteiger charge is 2.48. The minimum Gasteiger partial charge on any atom is -0.466 e. The van der Waals surface area contributed by atoms with Crippen LogP contribution in [-0.4, -0.2) is 129 Å². The van der Waals surface area contributed by atoms with Crippen molar-refractivity contribution >= 4 is 5.97 Å². The Hall–Kier alpha value is -0.970. The summed E-state index contributed by atoms with van der Waals surface area (Å²) in [5.74, 6) is -0.484. The summed E-state index contributed by atoms with van der Waals surface area (Å²) < 4.78 is 27.1. The zero-order valence-electron chi connectivity index (χ0n) is 20.1. The van der Waals surface area contributed by atoms with E-state index < -0.39 is 86.7 Å². The number of aliphatic hydroxyl groups is 7. The van der Waals surface area contributed by atoms with E-state index in [1.54, 1.807) is 6.92 Å². The number of ether oxygens (including phenoxy) is 5. The lowest BCUT2D eigenvalue weighted by Gasteiger charge is -2.43. The molecule has 11 atom stereocenters. The summed E-state index contributed by atoms with van der Waals surface area (Å²) in [6.07, 6.45) is -12.8. The van der Waals surface area contributed by atoms with Crippen LogP contribution in [0.25, 0.3) is 0 Å². The second kappa shape index (κ2) is 14.7. The molecule has 1 unspecified atom stereocenters. The lowest BCUT2D eigenvalue weighted by molar-refractivity contribution is -0.336. The molecule has 2 aliphatic rings. The van der Waals surface area contributed by atoms with Crippen LogP contribution < -0.4 is 0 Å². The van der Waals surface area contributed by atoms with Crippen molar-refractivity contribution < 1.29 is 64.2 Å².